The van der Waals surface area contributed by atoms with E-state index in [-0.39, 0.29) is 18.6 Å². The number of fused-ring (bicyclic) bond motifs is 5. The van der Waals surface area contributed by atoms with Crippen molar-refractivity contribution in [2.24, 2.45) is 0 Å². The lowest BCUT2D eigenvalue weighted by molar-refractivity contribution is -0.114. The molecule has 1 N–H and O–H groups in total. The third-order valence-electron chi connectivity index (χ3n) is 6.01. The van der Waals surface area contributed by atoms with Crippen LogP contribution in [0.5, 0.6) is 11.5 Å². The highest BCUT2D eigenvalue weighted by atomic mass is 16.7. The Balaban J connectivity index is 1.59. The number of carbonyl (C=O) groups is 1. The lowest BCUT2D eigenvalue weighted by Gasteiger charge is -2.35. The van der Waals surface area contributed by atoms with E-state index in [1.807, 2.05) is 24.3 Å². The molecule has 0 saturated carbocycles. The summed E-state index contributed by atoms with van der Waals surface area (Å²) < 4.78 is 11.0. The molecule has 0 radical (unpaired) electrons. The van der Waals surface area contributed by atoms with Crippen molar-refractivity contribution in [1.29, 1.82) is 0 Å². The molecule has 2 heterocycles. The Hall–Kier alpha value is -3.27. The maximum Gasteiger partial charge on any atom is 0.231 e. The molecule has 0 amide bonds. The predicted molar refractivity (Wildman–Crippen MR) is 109 cm³/mol. The second-order valence-electron chi connectivity index (χ2n) is 7.58. The van der Waals surface area contributed by atoms with Crippen LogP contribution < -0.4 is 14.8 Å². The molecule has 4 nitrogen and oxygen atoms in total. The summed E-state index contributed by atoms with van der Waals surface area (Å²) in [6.45, 7) is 0.262. The third-order valence-corrected chi connectivity index (χ3v) is 6.01. The first-order valence-corrected chi connectivity index (χ1v) is 9.74. The zero-order valence-corrected chi connectivity index (χ0v) is 15.3. The van der Waals surface area contributed by atoms with Gasteiger partial charge in [-0.2, -0.15) is 0 Å². The van der Waals surface area contributed by atoms with Crippen LogP contribution in [0.15, 0.2) is 60.2 Å². The maximum absolute atomic E-state index is 13.1. The molecule has 4 heteroatoms. The smallest absolute Gasteiger partial charge is 0.231 e. The number of ether oxygens (including phenoxy) is 2. The Labute approximate surface area is 162 Å². The largest absolute Gasteiger partial charge is 0.454 e. The fourth-order valence-corrected chi connectivity index (χ4v) is 4.74. The zero-order valence-electron chi connectivity index (χ0n) is 15.3. The summed E-state index contributed by atoms with van der Waals surface area (Å²) in [6, 6.07) is 18.6. The Kier molecular flexibility index (Phi) is 3.30. The van der Waals surface area contributed by atoms with Gasteiger partial charge in [0.1, 0.15) is 0 Å². The van der Waals surface area contributed by atoms with Crippen molar-refractivity contribution in [3.05, 3.63) is 71.3 Å². The number of rotatable bonds is 1. The number of hydrogen-bond acceptors (Lipinski definition) is 4. The molecule has 0 fully saturated rings. The highest BCUT2D eigenvalue weighted by molar-refractivity contribution is 6.27. The van der Waals surface area contributed by atoms with Crippen LogP contribution in [0.25, 0.3) is 16.3 Å². The molecule has 28 heavy (non-hydrogen) atoms. The standard InChI is InChI=1S/C24H19NO3/c26-19-7-3-6-17-23(19)22-16-5-2-1-4-14(16)8-10-18(22)25-24(17)15-9-11-20-21(12-15)28-13-27-20/h1-2,4-5,8-12,24-25H,3,6-7,13H2/t24-/m0/s1. The van der Waals surface area contributed by atoms with E-state index in [2.05, 4.69) is 35.6 Å². The van der Waals surface area contributed by atoms with Crippen LogP contribution in [-0.4, -0.2) is 12.6 Å². The topological polar surface area (TPSA) is 47.6 Å². The van der Waals surface area contributed by atoms with Gasteiger partial charge in [0.05, 0.1) is 6.04 Å². The van der Waals surface area contributed by atoms with E-state index < -0.39 is 0 Å². The van der Waals surface area contributed by atoms with Gasteiger partial charge >= 0.3 is 0 Å². The average Bonchev–Trinajstić information content (AvgIpc) is 3.21. The summed E-state index contributed by atoms with van der Waals surface area (Å²) in [4.78, 5) is 13.1. The number of anilines is 1. The first-order valence-electron chi connectivity index (χ1n) is 9.74. The van der Waals surface area contributed by atoms with Gasteiger partial charge in [0.15, 0.2) is 17.3 Å². The molecule has 3 aromatic carbocycles. The van der Waals surface area contributed by atoms with Crippen LogP contribution >= 0.6 is 0 Å². The van der Waals surface area contributed by atoms with Crippen LogP contribution in [0.1, 0.15) is 36.4 Å². The molecule has 0 unspecified atom stereocenters. The van der Waals surface area contributed by atoms with Gasteiger partial charge in [0.25, 0.3) is 0 Å². The Morgan fingerprint density at radius 3 is 2.79 bits per heavy atom. The van der Waals surface area contributed by atoms with Crippen molar-refractivity contribution >= 4 is 27.8 Å². The molecule has 2 aliphatic heterocycles. The van der Waals surface area contributed by atoms with Gasteiger partial charge in [-0.1, -0.05) is 36.4 Å². The van der Waals surface area contributed by atoms with Crippen molar-refractivity contribution in [3.8, 4) is 11.5 Å². The van der Waals surface area contributed by atoms with Gasteiger partial charge in [-0.3, -0.25) is 4.79 Å². The molecule has 1 atom stereocenters. The summed E-state index contributed by atoms with van der Waals surface area (Å²) in [5.41, 5.74) is 5.30. The Bertz CT molecular complexity index is 1180. The minimum absolute atomic E-state index is 0.0255. The lowest BCUT2D eigenvalue weighted by Crippen LogP contribution is -2.25. The molecule has 138 valence electrons. The van der Waals surface area contributed by atoms with Gasteiger partial charge in [0.2, 0.25) is 6.79 Å². The Morgan fingerprint density at radius 1 is 0.929 bits per heavy atom. The van der Waals surface area contributed by atoms with E-state index in [0.29, 0.717) is 6.42 Å². The normalized spacial score (nSPS) is 20.0. The quantitative estimate of drug-likeness (QED) is 0.637. The van der Waals surface area contributed by atoms with Crippen LogP contribution in [0.2, 0.25) is 0 Å². The van der Waals surface area contributed by atoms with Gasteiger partial charge in [-0.25, -0.2) is 0 Å². The first-order chi connectivity index (χ1) is 13.8. The molecular weight excluding hydrogens is 350 g/mol. The van der Waals surface area contributed by atoms with E-state index >= 15 is 0 Å². The summed E-state index contributed by atoms with van der Waals surface area (Å²) in [5, 5.41) is 6.01. The van der Waals surface area contributed by atoms with Gasteiger partial charge in [-0.15, -0.1) is 0 Å². The molecule has 0 aromatic heterocycles. The second kappa shape index (κ2) is 5.86. The highest BCUT2D eigenvalue weighted by Gasteiger charge is 2.34. The summed E-state index contributed by atoms with van der Waals surface area (Å²) in [5.74, 6) is 1.80. The monoisotopic (exact) mass is 369 g/mol. The SMILES string of the molecule is O=C1CCCC2=C1c1c(ccc3ccccc13)N[C@H]2c1ccc2c(c1)OCO2. The molecule has 0 bridgehead atoms. The van der Waals surface area contributed by atoms with Crippen molar-refractivity contribution in [3.63, 3.8) is 0 Å². The van der Waals surface area contributed by atoms with E-state index in [1.54, 1.807) is 0 Å². The van der Waals surface area contributed by atoms with Crippen LogP contribution in [-0.2, 0) is 4.79 Å². The van der Waals surface area contributed by atoms with Crippen LogP contribution in [0.4, 0.5) is 5.69 Å². The number of nitrogens with one attached hydrogen (secondary N) is 1. The van der Waals surface area contributed by atoms with Crippen molar-refractivity contribution < 1.29 is 14.3 Å². The third kappa shape index (κ3) is 2.21. The van der Waals surface area contributed by atoms with E-state index in [4.69, 9.17) is 9.47 Å². The summed E-state index contributed by atoms with van der Waals surface area (Å²) in [6.07, 6.45) is 2.45. The number of hydrogen-bond donors (Lipinski definition) is 1. The van der Waals surface area contributed by atoms with E-state index in [1.165, 1.54) is 5.57 Å². The van der Waals surface area contributed by atoms with E-state index in [9.17, 15) is 4.79 Å². The highest BCUT2D eigenvalue weighted by Crippen LogP contribution is 2.48. The van der Waals surface area contributed by atoms with Gasteiger partial charge < -0.3 is 14.8 Å². The van der Waals surface area contributed by atoms with Crippen LogP contribution in [0, 0.1) is 0 Å². The summed E-state index contributed by atoms with van der Waals surface area (Å²) in [7, 11) is 0. The van der Waals surface area contributed by atoms with Gasteiger partial charge in [0, 0.05) is 23.2 Å². The lowest BCUT2D eigenvalue weighted by atomic mass is 9.77. The van der Waals surface area contributed by atoms with Crippen molar-refractivity contribution in [1.82, 2.24) is 0 Å². The number of allylic oxidation sites excluding steroid dienone is 1. The molecule has 1 aliphatic carbocycles. The molecule has 3 aromatic rings. The molecule has 0 saturated heterocycles. The fraction of sp³-hybridized carbons (Fsp3) is 0.208. The number of Topliss-reactive ketones (excluding diaryl/α,β-unsaturated/α-hetero) is 1. The van der Waals surface area contributed by atoms with Crippen LogP contribution in [0.3, 0.4) is 0 Å². The molecular formula is C24H19NO3. The van der Waals surface area contributed by atoms with Crippen molar-refractivity contribution in [2.75, 3.05) is 12.1 Å². The summed E-state index contributed by atoms with van der Waals surface area (Å²) >= 11 is 0. The Morgan fingerprint density at radius 2 is 1.82 bits per heavy atom. The predicted octanol–water partition coefficient (Wildman–Crippen LogP) is 5.24. The van der Waals surface area contributed by atoms with Crippen molar-refractivity contribution in [2.45, 2.75) is 25.3 Å². The number of benzene rings is 3. The van der Waals surface area contributed by atoms with E-state index in [0.717, 1.165) is 57.5 Å². The average molecular weight is 369 g/mol. The minimum Gasteiger partial charge on any atom is -0.454 e. The second-order valence-corrected chi connectivity index (χ2v) is 7.58. The number of ketones is 1. The zero-order chi connectivity index (χ0) is 18.7. The maximum atomic E-state index is 13.1. The first kappa shape index (κ1) is 15.8. The minimum atomic E-state index is -0.0255. The molecule has 3 aliphatic rings. The molecule has 6 rings (SSSR count). The van der Waals surface area contributed by atoms with Gasteiger partial charge in [-0.05, 0) is 52.9 Å². The molecule has 0 spiro atoms. The number of carbonyl (C=O) groups excluding carboxylic acids is 1. The fourth-order valence-electron chi connectivity index (χ4n) is 4.74.